The molecule has 0 aliphatic carbocycles. The third-order valence-corrected chi connectivity index (χ3v) is 5.24. The van der Waals surface area contributed by atoms with E-state index in [-0.39, 0.29) is 5.88 Å². The lowest BCUT2D eigenvalue weighted by atomic mass is 10.2. The molecule has 4 rings (SSSR count). The molecule has 0 fully saturated rings. The summed E-state index contributed by atoms with van der Waals surface area (Å²) >= 11 is 6.78. The third kappa shape index (κ3) is 3.07. The second-order valence-corrected chi connectivity index (χ2v) is 7.36. The minimum atomic E-state index is 0.102. The van der Waals surface area contributed by atoms with Gasteiger partial charge in [-0.2, -0.15) is 0 Å². The van der Waals surface area contributed by atoms with Crippen LogP contribution in [0.4, 0.5) is 5.69 Å². The summed E-state index contributed by atoms with van der Waals surface area (Å²) in [5, 5.41) is 15.6. The van der Waals surface area contributed by atoms with Gasteiger partial charge in [0.05, 0.1) is 21.3 Å². The van der Waals surface area contributed by atoms with Crippen molar-refractivity contribution in [3.63, 3.8) is 0 Å². The first-order valence-electron chi connectivity index (χ1n) is 8.19. The minimum absolute atomic E-state index is 0.102. The summed E-state index contributed by atoms with van der Waals surface area (Å²) < 4.78 is 2.23. The number of nitrogens with zero attached hydrogens (tertiary/aromatic N) is 3. The Balaban J connectivity index is 1.73. The van der Waals surface area contributed by atoms with Gasteiger partial charge < -0.3 is 10.4 Å². The number of fused-ring (bicyclic) bond motifs is 1. The fraction of sp³-hybridized carbons (Fsp3) is 0.105. The van der Waals surface area contributed by atoms with E-state index in [0.717, 1.165) is 28.6 Å². The zero-order chi connectivity index (χ0) is 18.1. The van der Waals surface area contributed by atoms with E-state index in [0.29, 0.717) is 14.7 Å². The summed E-state index contributed by atoms with van der Waals surface area (Å²) in [6.45, 7) is 2.90. The number of thiazole rings is 1. The zero-order valence-corrected chi connectivity index (χ0v) is 15.6. The van der Waals surface area contributed by atoms with Gasteiger partial charge in [-0.3, -0.25) is 4.57 Å². The standard InChI is InChI=1S/C19H16N4OS2/c1-2-20-12-7-9-13(10-8-12)23-18(24)16(26-19(23)25)11-17-21-14-5-3-4-6-15(14)22-17/h3-11,20,24H,2H2,1H3. The summed E-state index contributed by atoms with van der Waals surface area (Å²) in [7, 11) is 0. The molecular weight excluding hydrogens is 364 g/mol. The van der Waals surface area contributed by atoms with Crippen molar-refractivity contribution >= 4 is 35.3 Å². The van der Waals surface area contributed by atoms with Crippen LogP contribution < -0.4 is 16.0 Å². The van der Waals surface area contributed by atoms with Crippen molar-refractivity contribution in [3.05, 3.63) is 73.9 Å². The van der Waals surface area contributed by atoms with Crippen LogP contribution >= 0.6 is 23.6 Å². The quantitative estimate of drug-likeness (QED) is 0.679. The zero-order valence-electron chi connectivity index (χ0n) is 14.0. The maximum Gasteiger partial charge on any atom is 0.215 e. The van der Waals surface area contributed by atoms with Crippen molar-refractivity contribution in [1.82, 2.24) is 4.57 Å². The summed E-state index contributed by atoms with van der Waals surface area (Å²) in [6.07, 6.45) is 1.76. The molecule has 1 aliphatic rings. The molecule has 2 N–H and O–H groups in total. The second-order valence-electron chi connectivity index (χ2n) is 5.68. The predicted octanol–water partition coefficient (Wildman–Crippen LogP) is 3.66. The first-order chi connectivity index (χ1) is 12.7. The minimum Gasteiger partial charge on any atom is -0.493 e. The van der Waals surface area contributed by atoms with Crippen LogP contribution in [0.1, 0.15) is 11.8 Å². The highest BCUT2D eigenvalue weighted by Crippen LogP contribution is 2.32. The number of nitrogens with one attached hydrogen (secondary N) is 1. The van der Waals surface area contributed by atoms with E-state index in [4.69, 9.17) is 12.2 Å². The number of anilines is 1. The molecule has 2 aromatic carbocycles. The monoisotopic (exact) mass is 380 g/mol. The maximum atomic E-state index is 10.7. The molecule has 0 amide bonds. The van der Waals surface area contributed by atoms with E-state index in [9.17, 15) is 5.11 Å². The van der Waals surface area contributed by atoms with Crippen LogP contribution in [0.15, 0.2) is 64.3 Å². The Morgan fingerprint density at radius 3 is 2.38 bits per heavy atom. The molecule has 26 heavy (non-hydrogen) atoms. The third-order valence-electron chi connectivity index (χ3n) is 3.93. The summed E-state index contributed by atoms with van der Waals surface area (Å²) in [5.41, 5.74) is 1.85. The number of hydrogen-bond donors (Lipinski definition) is 2. The lowest BCUT2D eigenvalue weighted by Gasteiger charge is -2.07. The molecule has 5 nitrogen and oxygen atoms in total. The molecule has 3 aromatic rings. The van der Waals surface area contributed by atoms with Crippen LogP contribution in [0, 0.1) is 3.95 Å². The summed E-state index contributed by atoms with van der Waals surface area (Å²) in [5.74, 6) is 0.664. The average molecular weight is 380 g/mol. The number of rotatable bonds is 4. The smallest absolute Gasteiger partial charge is 0.215 e. The van der Waals surface area contributed by atoms with Crippen molar-refractivity contribution < 1.29 is 5.11 Å². The molecule has 0 radical (unpaired) electrons. The van der Waals surface area contributed by atoms with E-state index in [1.807, 2.05) is 55.5 Å². The Labute approximate surface area is 159 Å². The van der Waals surface area contributed by atoms with Crippen LogP contribution in [0.2, 0.25) is 0 Å². The fourth-order valence-electron chi connectivity index (χ4n) is 2.74. The van der Waals surface area contributed by atoms with Gasteiger partial charge in [0, 0.05) is 18.3 Å². The van der Waals surface area contributed by atoms with Gasteiger partial charge in [0.2, 0.25) is 5.88 Å². The van der Waals surface area contributed by atoms with Crippen LogP contribution in [-0.4, -0.2) is 16.2 Å². The lowest BCUT2D eigenvalue weighted by molar-refractivity contribution is 0.441. The lowest BCUT2D eigenvalue weighted by Crippen LogP contribution is -2.19. The molecule has 0 spiro atoms. The van der Waals surface area contributed by atoms with Gasteiger partial charge in [-0.25, -0.2) is 9.98 Å². The molecule has 7 heteroatoms. The molecule has 0 atom stereocenters. The van der Waals surface area contributed by atoms with Crippen LogP contribution in [0.5, 0.6) is 5.88 Å². The number of aromatic nitrogens is 1. The topological polar surface area (TPSA) is 61.9 Å². The number of para-hydroxylation sites is 2. The molecule has 1 aliphatic heterocycles. The van der Waals surface area contributed by atoms with E-state index in [1.165, 1.54) is 11.3 Å². The summed E-state index contributed by atoms with van der Waals surface area (Å²) in [4.78, 5) is 9.58. The van der Waals surface area contributed by atoms with Crippen molar-refractivity contribution in [3.8, 4) is 11.6 Å². The van der Waals surface area contributed by atoms with Crippen molar-refractivity contribution in [2.75, 3.05) is 11.9 Å². The van der Waals surface area contributed by atoms with Crippen LogP contribution in [0.3, 0.4) is 0 Å². The van der Waals surface area contributed by atoms with E-state index in [1.54, 1.807) is 10.6 Å². The fourth-order valence-corrected chi connectivity index (χ4v) is 4.02. The number of benzene rings is 2. The van der Waals surface area contributed by atoms with Gasteiger partial charge in [0.1, 0.15) is 0 Å². The van der Waals surface area contributed by atoms with Crippen molar-refractivity contribution in [2.45, 2.75) is 6.92 Å². The molecule has 2 heterocycles. The number of hydrogen-bond acceptors (Lipinski definition) is 6. The predicted molar refractivity (Wildman–Crippen MR) is 107 cm³/mol. The molecule has 130 valence electrons. The maximum absolute atomic E-state index is 10.7. The van der Waals surface area contributed by atoms with Gasteiger partial charge >= 0.3 is 0 Å². The highest BCUT2D eigenvalue weighted by Gasteiger charge is 2.13. The second kappa shape index (κ2) is 6.86. The molecule has 0 saturated carbocycles. The highest BCUT2D eigenvalue weighted by atomic mass is 32.1. The Morgan fingerprint density at radius 1 is 1.12 bits per heavy atom. The Hall–Kier alpha value is -2.77. The van der Waals surface area contributed by atoms with Crippen molar-refractivity contribution in [1.29, 1.82) is 0 Å². The normalized spacial score (nSPS) is 12.3. The molecule has 1 aromatic heterocycles. The molecule has 0 unspecified atom stereocenters. The first-order valence-corrected chi connectivity index (χ1v) is 9.41. The van der Waals surface area contributed by atoms with Gasteiger partial charge in [-0.1, -0.05) is 12.1 Å². The Bertz CT molecular complexity index is 1140. The van der Waals surface area contributed by atoms with Gasteiger partial charge in [0.25, 0.3) is 0 Å². The van der Waals surface area contributed by atoms with E-state index >= 15 is 0 Å². The van der Waals surface area contributed by atoms with Gasteiger partial charge in [-0.05, 0) is 55.5 Å². The van der Waals surface area contributed by atoms with Crippen LogP contribution in [-0.2, 0) is 0 Å². The molecule has 0 saturated heterocycles. The highest BCUT2D eigenvalue weighted by molar-refractivity contribution is 7.73. The summed E-state index contributed by atoms with van der Waals surface area (Å²) in [6, 6.07) is 15.5. The molecule has 0 bridgehead atoms. The van der Waals surface area contributed by atoms with E-state index < -0.39 is 0 Å². The largest absolute Gasteiger partial charge is 0.493 e. The van der Waals surface area contributed by atoms with Crippen LogP contribution in [0.25, 0.3) is 11.8 Å². The van der Waals surface area contributed by atoms with Gasteiger partial charge in [0.15, 0.2) is 9.78 Å². The number of aromatic hydroxyl groups is 1. The average Bonchev–Trinajstić information content (AvgIpc) is 3.17. The van der Waals surface area contributed by atoms with Crippen molar-refractivity contribution in [2.24, 2.45) is 9.98 Å². The van der Waals surface area contributed by atoms with E-state index in [2.05, 4.69) is 15.3 Å². The van der Waals surface area contributed by atoms with Gasteiger partial charge in [-0.15, -0.1) is 11.3 Å². The SMILES string of the molecule is CCNc1ccc(-n2c(O)c(C=C3N=c4ccccc4=N3)sc2=S)cc1. The Morgan fingerprint density at radius 2 is 1.77 bits per heavy atom. The molecular formula is C19H16N4OS2. The first kappa shape index (κ1) is 16.7. The Kier molecular flexibility index (Phi) is 4.40.